The number of aromatic nitrogens is 2. The number of fused-ring (bicyclic) bond motifs is 2. The quantitative estimate of drug-likeness (QED) is 0.598. The molecule has 2 aromatic heterocycles. The summed E-state index contributed by atoms with van der Waals surface area (Å²) >= 11 is 0. The Hall–Kier alpha value is -3.21. The molecular weight excluding hydrogens is 331 g/mol. The number of carbonyl (C=O) groups is 1. The second-order valence-corrected chi connectivity index (χ2v) is 6.41. The van der Waals surface area contributed by atoms with Crippen molar-refractivity contribution >= 4 is 27.8 Å². The average molecular weight is 348 g/mol. The minimum Gasteiger partial charge on any atom is -0.480 e. The van der Waals surface area contributed by atoms with Crippen LogP contribution in [-0.2, 0) is 17.8 Å². The highest BCUT2D eigenvalue weighted by Crippen LogP contribution is 2.29. The van der Waals surface area contributed by atoms with Crippen LogP contribution in [0.1, 0.15) is 16.8 Å². The second-order valence-electron chi connectivity index (χ2n) is 6.41. The maximum Gasteiger partial charge on any atom is 0.323 e. The molecule has 0 unspecified atom stereocenters. The molecule has 0 saturated heterocycles. The summed E-state index contributed by atoms with van der Waals surface area (Å²) in [5.74, 6) is -1.25. The monoisotopic (exact) mass is 348 g/mol. The zero-order valence-electron chi connectivity index (χ0n) is 14.2. The van der Waals surface area contributed by atoms with Crippen LogP contribution in [0.4, 0.5) is 4.39 Å². The molecule has 0 spiro atoms. The van der Waals surface area contributed by atoms with Crippen LogP contribution < -0.4 is 0 Å². The standard InChI is InChI=1S/C21H17FN2O2/c1-13-17(9-14-4-5-15-3-2-8-23-19(15)10-14)18-11-16(22)6-7-20(18)24(13)12-21(25)26/h2-8,10-11H,9,12H2,1H3,(H,25,26). The van der Waals surface area contributed by atoms with Crippen LogP contribution in [0.15, 0.2) is 54.7 Å². The Bertz CT molecular complexity index is 1150. The van der Waals surface area contributed by atoms with E-state index >= 15 is 0 Å². The van der Waals surface area contributed by atoms with Gasteiger partial charge in [0.15, 0.2) is 0 Å². The lowest BCUT2D eigenvalue weighted by Crippen LogP contribution is -2.10. The first-order chi connectivity index (χ1) is 12.5. The number of pyridine rings is 1. The van der Waals surface area contributed by atoms with Gasteiger partial charge in [-0.2, -0.15) is 0 Å². The van der Waals surface area contributed by atoms with Gasteiger partial charge in [0.05, 0.1) is 5.52 Å². The maximum absolute atomic E-state index is 13.8. The Morgan fingerprint density at radius 3 is 2.85 bits per heavy atom. The molecule has 0 atom stereocenters. The summed E-state index contributed by atoms with van der Waals surface area (Å²) < 4.78 is 15.6. The highest BCUT2D eigenvalue weighted by molar-refractivity contribution is 5.87. The van der Waals surface area contributed by atoms with Crippen molar-refractivity contribution in [3.05, 3.63) is 77.4 Å². The van der Waals surface area contributed by atoms with Gasteiger partial charge in [0.1, 0.15) is 12.4 Å². The van der Waals surface area contributed by atoms with Crippen molar-refractivity contribution in [1.82, 2.24) is 9.55 Å². The minimum absolute atomic E-state index is 0.146. The van der Waals surface area contributed by atoms with Crippen molar-refractivity contribution in [2.75, 3.05) is 0 Å². The Labute approximate surface area is 149 Å². The van der Waals surface area contributed by atoms with E-state index in [0.717, 1.165) is 38.6 Å². The highest BCUT2D eigenvalue weighted by Gasteiger charge is 2.17. The van der Waals surface area contributed by atoms with Gasteiger partial charge < -0.3 is 9.67 Å². The molecule has 0 saturated carbocycles. The van der Waals surface area contributed by atoms with Crippen LogP contribution >= 0.6 is 0 Å². The van der Waals surface area contributed by atoms with Gasteiger partial charge in [-0.25, -0.2) is 4.39 Å². The molecule has 0 aliphatic carbocycles. The van der Waals surface area contributed by atoms with Crippen molar-refractivity contribution in [3.63, 3.8) is 0 Å². The Kier molecular flexibility index (Phi) is 3.92. The summed E-state index contributed by atoms with van der Waals surface area (Å²) in [6.07, 6.45) is 2.34. The van der Waals surface area contributed by atoms with Crippen LogP contribution in [0, 0.1) is 12.7 Å². The molecule has 0 aliphatic heterocycles. The number of halogens is 1. The van der Waals surface area contributed by atoms with Crippen LogP contribution in [0.2, 0.25) is 0 Å². The Balaban J connectivity index is 1.85. The first-order valence-electron chi connectivity index (χ1n) is 8.35. The molecule has 2 heterocycles. The highest BCUT2D eigenvalue weighted by atomic mass is 19.1. The number of aliphatic carboxylic acids is 1. The first-order valence-corrected chi connectivity index (χ1v) is 8.35. The Morgan fingerprint density at radius 1 is 1.19 bits per heavy atom. The number of benzene rings is 2. The zero-order valence-corrected chi connectivity index (χ0v) is 14.2. The molecule has 0 amide bonds. The van der Waals surface area contributed by atoms with Crippen molar-refractivity contribution in [1.29, 1.82) is 0 Å². The predicted molar refractivity (Wildman–Crippen MR) is 98.8 cm³/mol. The second kappa shape index (κ2) is 6.26. The van der Waals surface area contributed by atoms with Crippen molar-refractivity contribution in [2.45, 2.75) is 19.9 Å². The van der Waals surface area contributed by atoms with Gasteiger partial charge in [0, 0.05) is 28.2 Å². The fraction of sp³-hybridized carbons (Fsp3) is 0.143. The normalized spacial score (nSPS) is 11.3. The van der Waals surface area contributed by atoms with E-state index in [1.54, 1.807) is 16.8 Å². The smallest absolute Gasteiger partial charge is 0.323 e. The summed E-state index contributed by atoms with van der Waals surface area (Å²) in [5.41, 5.74) is 4.48. The predicted octanol–water partition coefficient (Wildman–Crippen LogP) is 4.31. The zero-order chi connectivity index (χ0) is 18.3. The third-order valence-electron chi connectivity index (χ3n) is 4.76. The van der Waals surface area contributed by atoms with Gasteiger partial charge in [0.25, 0.3) is 0 Å². The topological polar surface area (TPSA) is 55.1 Å². The number of carboxylic acid groups (broad SMARTS) is 1. The van der Waals surface area contributed by atoms with E-state index < -0.39 is 5.97 Å². The van der Waals surface area contributed by atoms with Crippen LogP contribution in [0.25, 0.3) is 21.8 Å². The minimum atomic E-state index is -0.921. The number of hydrogen-bond donors (Lipinski definition) is 1. The van der Waals surface area contributed by atoms with E-state index in [0.29, 0.717) is 6.42 Å². The van der Waals surface area contributed by atoms with Crippen LogP contribution in [0.5, 0.6) is 0 Å². The summed E-state index contributed by atoms with van der Waals surface area (Å²) in [6.45, 7) is 1.74. The van der Waals surface area contributed by atoms with E-state index in [1.165, 1.54) is 12.1 Å². The van der Waals surface area contributed by atoms with Gasteiger partial charge in [-0.1, -0.05) is 18.2 Å². The summed E-state index contributed by atoms with van der Waals surface area (Å²) in [5, 5.41) is 11.0. The average Bonchev–Trinajstić information content (AvgIpc) is 2.86. The molecule has 1 N–H and O–H groups in total. The van der Waals surface area contributed by atoms with Gasteiger partial charge in [-0.05, 0) is 54.8 Å². The summed E-state index contributed by atoms with van der Waals surface area (Å²) in [6, 6.07) is 14.5. The van der Waals surface area contributed by atoms with E-state index in [2.05, 4.69) is 4.98 Å². The van der Waals surface area contributed by atoms with Crippen molar-refractivity contribution < 1.29 is 14.3 Å². The first kappa shape index (κ1) is 16.3. The van der Waals surface area contributed by atoms with E-state index in [1.807, 2.05) is 37.3 Å². The summed E-state index contributed by atoms with van der Waals surface area (Å²) in [7, 11) is 0. The van der Waals surface area contributed by atoms with Gasteiger partial charge >= 0.3 is 5.97 Å². The number of rotatable bonds is 4. The molecule has 0 aliphatic rings. The molecule has 0 radical (unpaired) electrons. The molecule has 4 nitrogen and oxygen atoms in total. The van der Waals surface area contributed by atoms with E-state index in [-0.39, 0.29) is 12.4 Å². The number of carboxylic acids is 1. The van der Waals surface area contributed by atoms with Crippen LogP contribution in [-0.4, -0.2) is 20.6 Å². The molecule has 0 fully saturated rings. The SMILES string of the molecule is Cc1c(Cc2ccc3cccnc3c2)c2cc(F)ccc2n1CC(=O)O. The lowest BCUT2D eigenvalue weighted by molar-refractivity contribution is -0.137. The molecule has 26 heavy (non-hydrogen) atoms. The summed E-state index contributed by atoms with van der Waals surface area (Å²) in [4.78, 5) is 15.6. The largest absolute Gasteiger partial charge is 0.480 e. The molecule has 0 bridgehead atoms. The van der Waals surface area contributed by atoms with Crippen LogP contribution in [0.3, 0.4) is 0 Å². The van der Waals surface area contributed by atoms with E-state index in [9.17, 15) is 14.3 Å². The lowest BCUT2D eigenvalue weighted by Gasteiger charge is -2.06. The number of hydrogen-bond acceptors (Lipinski definition) is 2. The van der Waals surface area contributed by atoms with E-state index in [4.69, 9.17) is 0 Å². The van der Waals surface area contributed by atoms with Gasteiger partial charge in [-0.15, -0.1) is 0 Å². The van der Waals surface area contributed by atoms with Gasteiger partial charge in [-0.3, -0.25) is 9.78 Å². The lowest BCUT2D eigenvalue weighted by atomic mass is 10.0. The number of nitrogens with zero attached hydrogens (tertiary/aromatic N) is 2. The fourth-order valence-electron chi connectivity index (χ4n) is 3.51. The third-order valence-corrected chi connectivity index (χ3v) is 4.76. The fourth-order valence-corrected chi connectivity index (χ4v) is 3.51. The molecule has 4 rings (SSSR count). The molecular formula is C21H17FN2O2. The third kappa shape index (κ3) is 2.81. The molecule has 5 heteroatoms. The van der Waals surface area contributed by atoms with Crippen molar-refractivity contribution in [2.24, 2.45) is 0 Å². The maximum atomic E-state index is 13.8. The Morgan fingerprint density at radius 2 is 2.04 bits per heavy atom. The molecule has 130 valence electrons. The molecule has 4 aromatic rings. The van der Waals surface area contributed by atoms with Crippen molar-refractivity contribution in [3.8, 4) is 0 Å². The van der Waals surface area contributed by atoms with Gasteiger partial charge in [0.2, 0.25) is 0 Å². The molecule has 2 aromatic carbocycles.